The predicted octanol–water partition coefficient (Wildman–Crippen LogP) is 2.70. The van der Waals surface area contributed by atoms with Crippen molar-refractivity contribution in [1.82, 2.24) is 19.9 Å². The van der Waals surface area contributed by atoms with Crippen LogP contribution in [0.5, 0.6) is 0 Å². The molecule has 128 valence electrons. The first kappa shape index (κ1) is 15.8. The normalized spacial score (nSPS) is 21.7. The largest absolute Gasteiger partial charge is 0.339 e. The molecule has 4 rings (SSSR count). The van der Waals surface area contributed by atoms with Crippen LogP contribution in [0.2, 0.25) is 0 Å². The van der Waals surface area contributed by atoms with Crippen LogP contribution in [0.1, 0.15) is 42.5 Å². The molecule has 0 unspecified atom stereocenters. The Labute approximate surface area is 143 Å². The zero-order valence-corrected chi connectivity index (χ0v) is 14.4. The SMILES string of the molecule is CN(Cc1noc(C2CC2)n1)[C@H]1CCN(CCc2ccccc2)C1. The van der Waals surface area contributed by atoms with E-state index in [-0.39, 0.29) is 0 Å². The fraction of sp³-hybridized carbons (Fsp3) is 0.579. The van der Waals surface area contributed by atoms with E-state index in [2.05, 4.69) is 57.3 Å². The molecule has 5 nitrogen and oxygen atoms in total. The molecule has 24 heavy (non-hydrogen) atoms. The Bertz CT molecular complexity index is 652. The van der Waals surface area contributed by atoms with Gasteiger partial charge in [0.25, 0.3) is 0 Å². The van der Waals surface area contributed by atoms with Crippen molar-refractivity contribution in [3.63, 3.8) is 0 Å². The van der Waals surface area contributed by atoms with Gasteiger partial charge in [-0.2, -0.15) is 4.98 Å². The second-order valence-corrected chi connectivity index (χ2v) is 7.22. The average molecular weight is 326 g/mol. The molecule has 0 N–H and O–H groups in total. The molecule has 1 aliphatic carbocycles. The first-order chi connectivity index (χ1) is 11.8. The van der Waals surface area contributed by atoms with Gasteiger partial charge in [0.05, 0.1) is 6.54 Å². The van der Waals surface area contributed by atoms with Crippen LogP contribution in [0, 0.1) is 0 Å². The van der Waals surface area contributed by atoms with Crippen LogP contribution < -0.4 is 0 Å². The number of hydrogen-bond acceptors (Lipinski definition) is 5. The van der Waals surface area contributed by atoms with E-state index in [0.29, 0.717) is 12.0 Å². The van der Waals surface area contributed by atoms with Crippen molar-refractivity contribution in [2.24, 2.45) is 0 Å². The maximum absolute atomic E-state index is 5.36. The minimum absolute atomic E-state index is 0.538. The van der Waals surface area contributed by atoms with Gasteiger partial charge in [-0.25, -0.2) is 0 Å². The zero-order valence-electron chi connectivity index (χ0n) is 14.4. The van der Waals surface area contributed by atoms with Crippen molar-refractivity contribution in [1.29, 1.82) is 0 Å². The summed E-state index contributed by atoms with van der Waals surface area (Å²) >= 11 is 0. The molecule has 0 radical (unpaired) electrons. The molecule has 2 heterocycles. The van der Waals surface area contributed by atoms with Crippen LogP contribution in [-0.4, -0.2) is 52.7 Å². The number of hydrogen-bond donors (Lipinski definition) is 0. The first-order valence-electron chi connectivity index (χ1n) is 9.07. The van der Waals surface area contributed by atoms with E-state index in [1.807, 2.05) is 0 Å². The number of benzene rings is 1. The van der Waals surface area contributed by atoms with Gasteiger partial charge in [0.2, 0.25) is 5.89 Å². The van der Waals surface area contributed by atoms with Gasteiger partial charge in [0, 0.05) is 25.0 Å². The summed E-state index contributed by atoms with van der Waals surface area (Å²) < 4.78 is 5.36. The van der Waals surface area contributed by atoms with Crippen LogP contribution in [0.4, 0.5) is 0 Å². The Kier molecular flexibility index (Phi) is 4.63. The molecule has 0 spiro atoms. The number of likely N-dealkylation sites (N-methyl/N-ethyl adjacent to an activating group) is 1. The second kappa shape index (κ2) is 7.03. The Hall–Kier alpha value is -1.72. The topological polar surface area (TPSA) is 45.4 Å². The number of rotatable bonds is 7. The van der Waals surface area contributed by atoms with Gasteiger partial charge in [0.15, 0.2) is 5.82 Å². The van der Waals surface area contributed by atoms with Crippen molar-refractivity contribution >= 4 is 0 Å². The Balaban J connectivity index is 1.24. The molecule has 0 amide bonds. The highest BCUT2D eigenvalue weighted by Gasteiger charge is 2.30. The Morgan fingerprint density at radius 2 is 2.04 bits per heavy atom. The summed E-state index contributed by atoms with van der Waals surface area (Å²) in [6, 6.07) is 11.3. The monoisotopic (exact) mass is 326 g/mol. The molecular formula is C19H26N4O. The number of likely N-dealkylation sites (tertiary alicyclic amines) is 1. The molecule has 0 bridgehead atoms. The summed E-state index contributed by atoms with van der Waals surface area (Å²) in [7, 11) is 2.18. The summed E-state index contributed by atoms with van der Waals surface area (Å²) in [4.78, 5) is 9.49. The van der Waals surface area contributed by atoms with Gasteiger partial charge >= 0.3 is 0 Å². The zero-order chi connectivity index (χ0) is 16.4. The Morgan fingerprint density at radius 3 is 2.83 bits per heavy atom. The fourth-order valence-corrected chi connectivity index (χ4v) is 3.49. The van der Waals surface area contributed by atoms with Crippen molar-refractivity contribution < 1.29 is 4.52 Å². The molecule has 2 aromatic rings. The molecule has 1 aromatic heterocycles. The molecule has 1 saturated heterocycles. The molecule has 1 aliphatic heterocycles. The maximum atomic E-state index is 5.36. The van der Waals surface area contributed by atoms with Crippen LogP contribution in [-0.2, 0) is 13.0 Å². The maximum Gasteiger partial charge on any atom is 0.229 e. The third-order valence-corrected chi connectivity index (χ3v) is 5.23. The van der Waals surface area contributed by atoms with Gasteiger partial charge in [0.1, 0.15) is 0 Å². The van der Waals surface area contributed by atoms with E-state index in [4.69, 9.17) is 4.52 Å². The third-order valence-electron chi connectivity index (χ3n) is 5.23. The van der Waals surface area contributed by atoms with Crippen LogP contribution in [0.15, 0.2) is 34.9 Å². The van der Waals surface area contributed by atoms with E-state index in [9.17, 15) is 0 Å². The quantitative estimate of drug-likeness (QED) is 0.783. The molecule has 1 saturated carbocycles. The van der Waals surface area contributed by atoms with Gasteiger partial charge in [-0.15, -0.1) is 0 Å². The lowest BCUT2D eigenvalue weighted by Crippen LogP contribution is -2.34. The number of nitrogens with zero attached hydrogens (tertiary/aromatic N) is 4. The fourth-order valence-electron chi connectivity index (χ4n) is 3.49. The first-order valence-corrected chi connectivity index (χ1v) is 9.07. The minimum atomic E-state index is 0.538. The Morgan fingerprint density at radius 1 is 1.21 bits per heavy atom. The van der Waals surface area contributed by atoms with E-state index in [0.717, 1.165) is 37.8 Å². The summed E-state index contributed by atoms with van der Waals surface area (Å²) in [6.45, 7) is 4.24. The van der Waals surface area contributed by atoms with E-state index in [1.165, 1.54) is 31.4 Å². The van der Waals surface area contributed by atoms with Crippen LogP contribution >= 0.6 is 0 Å². The molecule has 1 atom stereocenters. The van der Waals surface area contributed by atoms with E-state index in [1.54, 1.807) is 0 Å². The van der Waals surface area contributed by atoms with Gasteiger partial charge < -0.3 is 9.42 Å². The van der Waals surface area contributed by atoms with E-state index < -0.39 is 0 Å². The lowest BCUT2D eigenvalue weighted by molar-refractivity contribution is 0.218. The van der Waals surface area contributed by atoms with Crippen molar-refractivity contribution in [2.75, 3.05) is 26.7 Å². The summed E-state index contributed by atoms with van der Waals surface area (Å²) in [5.41, 5.74) is 1.42. The summed E-state index contributed by atoms with van der Waals surface area (Å²) in [5.74, 6) is 2.22. The highest BCUT2D eigenvalue weighted by atomic mass is 16.5. The molecular weight excluding hydrogens is 300 g/mol. The summed E-state index contributed by atoms with van der Waals surface area (Å²) in [5, 5.41) is 4.14. The van der Waals surface area contributed by atoms with E-state index >= 15 is 0 Å². The molecule has 2 fully saturated rings. The van der Waals surface area contributed by atoms with Crippen molar-refractivity contribution in [3.8, 4) is 0 Å². The highest BCUT2D eigenvalue weighted by Crippen LogP contribution is 2.38. The molecule has 1 aromatic carbocycles. The highest BCUT2D eigenvalue weighted by molar-refractivity contribution is 5.15. The second-order valence-electron chi connectivity index (χ2n) is 7.22. The number of aromatic nitrogens is 2. The molecule has 2 aliphatic rings. The third kappa shape index (κ3) is 3.84. The lowest BCUT2D eigenvalue weighted by Gasteiger charge is -2.23. The average Bonchev–Trinajstić information content (AvgIpc) is 3.17. The summed E-state index contributed by atoms with van der Waals surface area (Å²) in [6.07, 6.45) is 4.76. The van der Waals surface area contributed by atoms with Gasteiger partial charge in [-0.3, -0.25) is 4.90 Å². The van der Waals surface area contributed by atoms with Crippen molar-refractivity contribution in [3.05, 3.63) is 47.6 Å². The lowest BCUT2D eigenvalue weighted by atomic mass is 10.1. The molecule has 5 heteroatoms. The van der Waals surface area contributed by atoms with Crippen LogP contribution in [0.25, 0.3) is 0 Å². The van der Waals surface area contributed by atoms with Gasteiger partial charge in [-0.05, 0) is 44.8 Å². The standard InChI is InChI=1S/C19H26N4O/c1-22(14-18-20-19(24-21-18)16-7-8-16)17-10-12-23(13-17)11-9-15-5-3-2-4-6-15/h2-6,16-17H,7-14H2,1H3/t17-/m0/s1. The predicted molar refractivity (Wildman–Crippen MR) is 92.7 cm³/mol. The van der Waals surface area contributed by atoms with Gasteiger partial charge in [-0.1, -0.05) is 35.5 Å². The van der Waals surface area contributed by atoms with Crippen molar-refractivity contribution in [2.45, 2.75) is 44.2 Å². The minimum Gasteiger partial charge on any atom is -0.339 e. The smallest absolute Gasteiger partial charge is 0.229 e. The van der Waals surface area contributed by atoms with Crippen LogP contribution in [0.3, 0.4) is 0 Å².